The van der Waals surface area contributed by atoms with Crippen LogP contribution in [0.3, 0.4) is 0 Å². The minimum atomic E-state index is -0.825. The Bertz CT molecular complexity index is 947. The van der Waals surface area contributed by atoms with Gasteiger partial charge in [-0.15, -0.1) is 10.2 Å². The molecule has 122 valence electrons. The largest absolute Gasteiger partial charge is 0.363 e. The zero-order valence-corrected chi connectivity index (χ0v) is 12.5. The summed E-state index contributed by atoms with van der Waals surface area (Å²) in [4.78, 5) is 41.6. The Hall–Kier alpha value is -3.88. The minimum Gasteiger partial charge on any atom is -0.324 e. The molecule has 0 spiro atoms. The highest BCUT2D eigenvalue weighted by molar-refractivity contribution is 6.21. The van der Waals surface area contributed by atoms with E-state index in [1.165, 1.54) is 24.3 Å². The normalized spacial score (nSPS) is 13.0. The lowest BCUT2D eigenvalue weighted by Gasteiger charge is -2.12. The second-order valence-corrected chi connectivity index (χ2v) is 5.14. The molecule has 1 aliphatic rings. The molecule has 1 aromatic heterocycles. The van der Waals surface area contributed by atoms with E-state index in [1.54, 1.807) is 24.3 Å². The second-order valence-electron chi connectivity index (χ2n) is 5.14. The van der Waals surface area contributed by atoms with Crippen molar-refractivity contribution in [3.05, 3.63) is 65.2 Å². The highest BCUT2D eigenvalue weighted by Gasteiger charge is 2.38. The van der Waals surface area contributed by atoms with Gasteiger partial charge in [0, 0.05) is 5.56 Å². The number of imide groups is 1. The Morgan fingerprint density at radius 1 is 0.960 bits per heavy atom. The van der Waals surface area contributed by atoms with Gasteiger partial charge in [0.05, 0.1) is 16.7 Å². The predicted molar refractivity (Wildman–Crippen MR) is 82.0 cm³/mol. The van der Waals surface area contributed by atoms with Crippen LogP contribution in [0.15, 0.2) is 48.5 Å². The van der Waals surface area contributed by atoms with Crippen LogP contribution in [0.1, 0.15) is 31.1 Å². The van der Waals surface area contributed by atoms with Gasteiger partial charge in [-0.25, -0.2) is 4.79 Å². The summed E-state index contributed by atoms with van der Waals surface area (Å²) in [5.41, 5.74) is 1.22. The Labute approximate surface area is 140 Å². The van der Waals surface area contributed by atoms with Crippen LogP contribution in [0.2, 0.25) is 0 Å². The van der Waals surface area contributed by atoms with Crippen LogP contribution in [0.5, 0.6) is 0 Å². The van der Waals surface area contributed by atoms with Gasteiger partial charge in [-0.3, -0.25) is 9.59 Å². The molecule has 0 aliphatic carbocycles. The van der Waals surface area contributed by atoms with Crippen LogP contribution >= 0.6 is 0 Å². The Morgan fingerprint density at radius 2 is 1.60 bits per heavy atom. The maximum absolute atomic E-state index is 12.2. The van der Waals surface area contributed by atoms with Crippen molar-refractivity contribution in [3.8, 4) is 11.4 Å². The summed E-state index contributed by atoms with van der Waals surface area (Å²) in [5, 5.41) is 13.9. The second kappa shape index (κ2) is 5.64. The average molecular weight is 335 g/mol. The van der Waals surface area contributed by atoms with Crippen LogP contribution in [0, 0.1) is 0 Å². The molecule has 25 heavy (non-hydrogen) atoms. The fraction of sp³-hybridized carbons (Fsp3) is 0. The van der Waals surface area contributed by atoms with Crippen molar-refractivity contribution in [3.63, 3.8) is 0 Å². The first-order chi connectivity index (χ1) is 12.1. The highest BCUT2D eigenvalue weighted by atomic mass is 16.7. The van der Waals surface area contributed by atoms with E-state index in [0.717, 1.165) is 0 Å². The molecule has 0 saturated carbocycles. The number of hydrogen-bond donors (Lipinski definition) is 1. The van der Waals surface area contributed by atoms with Gasteiger partial charge in [-0.1, -0.05) is 29.3 Å². The molecule has 4 rings (SSSR count). The molecular weight excluding hydrogens is 326 g/mol. The first kappa shape index (κ1) is 14.7. The number of tetrazole rings is 1. The topological polar surface area (TPSA) is 118 Å². The lowest BCUT2D eigenvalue weighted by Crippen LogP contribution is -2.32. The summed E-state index contributed by atoms with van der Waals surface area (Å²) in [6.07, 6.45) is 0. The van der Waals surface area contributed by atoms with Crippen LogP contribution in [-0.2, 0) is 4.84 Å². The summed E-state index contributed by atoms with van der Waals surface area (Å²) < 4.78 is 0. The average Bonchev–Trinajstić information content (AvgIpc) is 3.26. The van der Waals surface area contributed by atoms with E-state index in [4.69, 9.17) is 4.84 Å². The van der Waals surface area contributed by atoms with Gasteiger partial charge >= 0.3 is 5.97 Å². The molecule has 2 heterocycles. The number of nitrogens with zero attached hydrogens (tertiary/aromatic N) is 4. The summed E-state index contributed by atoms with van der Waals surface area (Å²) >= 11 is 0. The lowest BCUT2D eigenvalue weighted by molar-refractivity contribution is -0.0584. The summed E-state index contributed by atoms with van der Waals surface area (Å²) in [6.45, 7) is 0. The molecule has 0 saturated heterocycles. The number of H-pyrrole nitrogens is 1. The third kappa shape index (κ3) is 2.43. The van der Waals surface area contributed by atoms with Crippen molar-refractivity contribution in [2.75, 3.05) is 0 Å². The molecule has 9 nitrogen and oxygen atoms in total. The highest BCUT2D eigenvalue weighted by Crippen LogP contribution is 2.23. The number of rotatable bonds is 3. The monoisotopic (exact) mass is 335 g/mol. The van der Waals surface area contributed by atoms with Crippen molar-refractivity contribution in [2.24, 2.45) is 0 Å². The summed E-state index contributed by atoms with van der Waals surface area (Å²) in [7, 11) is 0. The SMILES string of the molecule is O=C(ON1C(=O)c2ccccc2C1=O)c1ccc(-c2nn[nH]n2)cc1. The summed E-state index contributed by atoms with van der Waals surface area (Å²) in [5.74, 6) is -1.79. The fourth-order valence-corrected chi connectivity index (χ4v) is 2.43. The quantitative estimate of drug-likeness (QED) is 0.715. The van der Waals surface area contributed by atoms with Gasteiger partial charge in [0.1, 0.15) is 0 Å². The number of nitrogens with one attached hydrogen (secondary N) is 1. The van der Waals surface area contributed by atoms with Gasteiger partial charge in [-0.05, 0) is 29.5 Å². The number of carbonyl (C=O) groups excluding carboxylic acids is 3. The van der Waals surface area contributed by atoms with Gasteiger partial charge in [-0.2, -0.15) is 5.21 Å². The molecule has 0 atom stereocenters. The van der Waals surface area contributed by atoms with E-state index >= 15 is 0 Å². The molecule has 0 unspecified atom stereocenters. The molecule has 0 bridgehead atoms. The maximum atomic E-state index is 12.2. The van der Waals surface area contributed by atoms with Gasteiger partial charge in [0.25, 0.3) is 11.8 Å². The first-order valence-electron chi connectivity index (χ1n) is 7.19. The fourth-order valence-electron chi connectivity index (χ4n) is 2.43. The molecule has 0 radical (unpaired) electrons. The van der Waals surface area contributed by atoms with Crippen molar-refractivity contribution in [1.29, 1.82) is 0 Å². The van der Waals surface area contributed by atoms with Crippen molar-refractivity contribution < 1.29 is 19.2 Å². The van der Waals surface area contributed by atoms with E-state index in [2.05, 4.69) is 20.6 Å². The Balaban J connectivity index is 1.53. The van der Waals surface area contributed by atoms with E-state index in [1.807, 2.05) is 0 Å². The first-order valence-corrected chi connectivity index (χ1v) is 7.19. The molecule has 1 aliphatic heterocycles. The third-order valence-corrected chi connectivity index (χ3v) is 3.66. The molecule has 0 fully saturated rings. The molecule has 2 amide bonds. The molecule has 3 aromatic rings. The van der Waals surface area contributed by atoms with E-state index in [9.17, 15) is 14.4 Å². The number of hydroxylamine groups is 2. The number of benzene rings is 2. The molecule has 1 N–H and O–H groups in total. The van der Waals surface area contributed by atoms with Crippen molar-refractivity contribution >= 4 is 17.8 Å². The number of aromatic amines is 1. The standard InChI is InChI=1S/C16H9N5O4/c22-14-11-3-1-2-4-12(11)15(23)21(14)25-16(24)10-7-5-9(6-8-10)13-17-19-20-18-13/h1-8H,(H,17,18,19,20). The van der Waals surface area contributed by atoms with Gasteiger partial charge < -0.3 is 4.84 Å². The van der Waals surface area contributed by atoms with Crippen molar-refractivity contribution in [2.45, 2.75) is 0 Å². The number of hydrogen-bond acceptors (Lipinski definition) is 7. The molecule has 2 aromatic carbocycles. The van der Waals surface area contributed by atoms with Crippen LogP contribution in [-0.4, -0.2) is 43.5 Å². The number of amides is 2. The van der Waals surface area contributed by atoms with Crippen LogP contribution in [0.4, 0.5) is 0 Å². The van der Waals surface area contributed by atoms with Crippen LogP contribution < -0.4 is 0 Å². The van der Waals surface area contributed by atoms with Crippen LogP contribution in [0.25, 0.3) is 11.4 Å². The minimum absolute atomic E-state index is 0.170. The third-order valence-electron chi connectivity index (χ3n) is 3.66. The number of fused-ring (bicyclic) bond motifs is 1. The Morgan fingerprint density at radius 3 is 2.16 bits per heavy atom. The smallest absolute Gasteiger partial charge is 0.324 e. The number of aromatic nitrogens is 4. The predicted octanol–water partition coefficient (Wildman–Crippen LogP) is 1.23. The Kier molecular flexibility index (Phi) is 3.31. The lowest BCUT2D eigenvalue weighted by atomic mass is 10.1. The van der Waals surface area contributed by atoms with E-state index in [-0.39, 0.29) is 16.7 Å². The zero-order valence-electron chi connectivity index (χ0n) is 12.5. The zero-order chi connectivity index (χ0) is 17.4. The number of carbonyl (C=O) groups is 3. The molecular formula is C16H9N5O4. The summed E-state index contributed by atoms with van der Waals surface area (Å²) in [6, 6.07) is 12.4. The van der Waals surface area contributed by atoms with Crippen molar-refractivity contribution in [1.82, 2.24) is 25.7 Å². The van der Waals surface area contributed by atoms with E-state index < -0.39 is 17.8 Å². The van der Waals surface area contributed by atoms with E-state index in [0.29, 0.717) is 16.5 Å². The maximum Gasteiger partial charge on any atom is 0.363 e. The molecule has 9 heteroatoms. The van der Waals surface area contributed by atoms with Gasteiger partial charge in [0.15, 0.2) is 0 Å². The van der Waals surface area contributed by atoms with Gasteiger partial charge in [0.2, 0.25) is 5.82 Å².